The molecule has 0 spiro atoms. The summed E-state index contributed by atoms with van der Waals surface area (Å²) < 4.78 is 10.9. The lowest BCUT2D eigenvalue weighted by Crippen LogP contribution is -2.46. The van der Waals surface area contributed by atoms with Crippen molar-refractivity contribution in [2.45, 2.75) is 45.4 Å². The summed E-state index contributed by atoms with van der Waals surface area (Å²) in [6, 6.07) is 16.3. The summed E-state index contributed by atoms with van der Waals surface area (Å²) >= 11 is 0. The standard InChI is InChI=1S/C25H32N2O4/c1-18(2)25(29)27(17-19-11-13-21(30-3)14-12-19)23(20-8-5-4-6-9-20)24(28)26-16-22-10-7-15-31-22/h4-6,8-9,11-14,18,22-23H,7,10,15-17H2,1-3H3,(H,26,28)/t22-,23-/m0/s1. The van der Waals surface area contributed by atoms with Crippen molar-refractivity contribution in [1.29, 1.82) is 0 Å². The summed E-state index contributed by atoms with van der Waals surface area (Å²) in [6.45, 7) is 5.23. The van der Waals surface area contributed by atoms with Crippen molar-refractivity contribution in [2.24, 2.45) is 5.92 Å². The number of ether oxygens (including phenoxy) is 2. The molecule has 6 heteroatoms. The van der Waals surface area contributed by atoms with Crippen LogP contribution in [0.1, 0.15) is 43.9 Å². The van der Waals surface area contributed by atoms with Crippen molar-refractivity contribution >= 4 is 11.8 Å². The second-order valence-electron chi connectivity index (χ2n) is 8.16. The van der Waals surface area contributed by atoms with E-state index in [9.17, 15) is 9.59 Å². The van der Waals surface area contributed by atoms with E-state index in [2.05, 4.69) is 5.32 Å². The average molecular weight is 425 g/mol. The number of benzene rings is 2. The molecule has 1 aliphatic rings. The van der Waals surface area contributed by atoms with Gasteiger partial charge in [-0.25, -0.2) is 0 Å². The van der Waals surface area contributed by atoms with Gasteiger partial charge in [0, 0.05) is 25.6 Å². The molecule has 0 radical (unpaired) electrons. The number of amides is 2. The molecular weight excluding hydrogens is 392 g/mol. The number of rotatable bonds is 9. The highest BCUT2D eigenvalue weighted by Crippen LogP contribution is 2.26. The summed E-state index contributed by atoms with van der Waals surface area (Å²) in [4.78, 5) is 28.3. The molecule has 2 amide bonds. The smallest absolute Gasteiger partial charge is 0.247 e. The molecule has 1 aliphatic heterocycles. The number of methoxy groups -OCH3 is 1. The largest absolute Gasteiger partial charge is 0.497 e. The van der Waals surface area contributed by atoms with Crippen molar-refractivity contribution in [2.75, 3.05) is 20.3 Å². The fourth-order valence-corrected chi connectivity index (χ4v) is 3.78. The Hall–Kier alpha value is -2.86. The summed E-state index contributed by atoms with van der Waals surface area (Å²) in [5, 5.41) is 3.02. The number of carbonyl (C=O) groups is 2. The minimum Gasteiger partial charge on any atom is -0.497 e. The molecule has 1 fully saturated rings. The quantitative estimate of drug-likeness (QED) is 0.666. The van der Waals surface area contributed by atoms with E-state index in [4.69, 9.17) is 9.47 Å². The third-order valence-corrected chi connectivity index (χ3v) is 5.49. The van der Waals surface area contributed by atoms with E-state index in [1.165, 1.54) is 0 Å². The molecule has 1 saturated heterocycles. The van der Waals surface area contributed by atoms with Crippen LogP contribution >= 0.6 is 0 Å². The van der Waals surface area contributed by atoms with Crippen LogP contribution in [0.4, 0.5) is 0 Å². The topological polar surface area (TPSA) is 67.9 Å². The van der Waals surface area contributed by atoms with Gasteiger partial charge in [-0.3, -0.25) is 9.59 Å². The van der Waals surface area contributed by atoms with Gasteiger partial charge in [0.05, 0.1) is 13.2 Å². The summed E-state index contributed by atoms with van der Waals surface area (Å²) in [6.07, 6.45) is 1.99. The van der Waals surface area contributed by atoms with Crippen LogP contribution in [0.2, 0.25) is 0 Å². The van der Waals surface area contributed by atoms with Gasteiger partial charge in [0.25, 0.3) is 0 Å². The molecule has 6 nitrogen and oxygen atoms in total. The van der Waals surface area contributed by atoms with Gasteiger partial charge in [0.2, 0.25) is 11.8 Å². The first-order chi connectivity index (χ1) is 15.0. The van der Waals surface area contributed by atoms with Crippen LogP contribution in [0.5, 0.6) is 5.75 Å². The molecule has 3 rings (SSSR count). The lowest BCUT2D eigenvalue weighted by Gasteiger charge is -2.33. The zero-order chi connectivity index (χ0) is 22.2. The maximum atomic E-state index is 13.4. The average Bonchev–Trinajstić information content (AvgIpc) is 3.31. The monoisotopic (exact) mass is 424 g/mol. The van der Waals surface area contributed by atoms with E-state index >= 15 is 0 Å². The molecule has 0 unspecified atom stereocenters. The minimum absolute atomic E-state index is 0.0382. The Balaban J connectivity index is 1.89. The zero-order valence-corrected chi connectivity index (χ0v) is 18.5. The van der Waals surface area contributed by atoms with Crippen molar-refractivity contribution in [3.8, 4) is 5.75 Å². The maximum Gasteiger partial charge on any atom is 0.247 e. The molecule has 2 aromatic rings. The second-order valence-corrected chi connectivity index (χ2v) is 8.16. The predicted molar refractivity (Wildman–Crippen MR) is 120 cm³/mol. The van der Waals surface area contributed by atoms with E-state index < -0.39 is 6.04 Å². The van der Waals surface area contributed by atoms with E-state index in [0.717, 1.165) is 36.3 Å². The summed E-state index contributed by atoms with van der Waals surface area (Å²) in [5.41, 5.74) is 1.72. The van der Waals surface area contributed by atoms with Crippen LogP contribution in [-0.2, 0) is 20.9 Å². The fourth-order valence-electron chi connectivity index (χ4n) is 3.78. The van der Waals surface area contributed by atoms with Gasteiger partial charge in [-0.15, -0.1) is 0 Å². The Kier molecular flexibility index (Phi) is 8.06. The van der Waals surface area contributed by atoms with Crippen LogP contribution in [0.25, 0.3) is 0 Å². The van der Waals surface area contributed by atoms with Crippen LogP contribution in [0.15, 0.2) is 54.6 Å². The minimum atomic E-state index is -0.723. The Bertz CT molecular complexity index is 846. The Labute approximate surface area is 184 Å². The first-order valence-corrected chi connectivity index (χ1v) is 10.9. The Morgan fingerprint density at radius 1 is 1.13 bits per heavy atom. The van der Waals surface area contributed by atoms with Crippen LogP contribution in [0, 0.1) is 5.92 Å². The Morgan fingerprint density at radius 2 is 1.84 bits per heavy atom. The van der Waals surface area contributed by atoms with Gasteiger partial charge in [0.1, 0.15) is 11.8 Å². The van der Waals surface area contributed by atoms with Crippen molar-refractivity contribution in [3.63, 3.8) is 0 Å². The lowest BCUT2D eigenvalue weighted by molar-refractivity contribution is -0.144. The second kappa shape index (κ2) is 11.0. The molecule has 166 valence electrons. The van der Waals surface area contributed by atoms with E-state index in [1.807, 2.05) is 68.4 Å². The molecule has 1 heterocycles. The maximum absolute atomic E-state index is 13.4. The van der Waals surface area contributed by atoms with Gasteiger partial charge in [-0.2, -0.15) is 0 Å². The highest BCUT2D eigenvalue weighted by molar-refractivity contribution is 5.89. The van der Waals surface area contributed by atoms with E-state index in [-0.39, 0.29) is 23.8 Å². The Morgan fingerprint density at radius 3 is 2.42 bits per heavy atom. The number of nitrogens with zero attached hydrogens (tertiary/aromatic N) is 1. The predicted octanol–water partition coefficient (Wildman–Crippen LogP) is 3.72. The molecule has 2 aromatic carbocycles. The molecule has 1 N–H and O–H groups in total. The van der Waals surface area contributed by atoms with Gasteiger partial charge in [-0.05, 0) is 36.1 Å². The SMILES string of the molecule is COc1ccc(CN(C(=O)C(C)C)[C@H](C(=O)NC[C@@H]2CCCO2)c2ccccc2)cc1. The first kappa shape index (κ1) is 22.8. The molecule has 2 atom stereocenters. The highest BCUT2D eigenvalue weighted by atomic mass is 16.5. The van der Waals surface area contributed by atoms with Crippen LogP contribution in [0.3, 0.4) is 0 Å². The molecule has 0 aromatic heterocycles. The molecule has 0 saturated carbocycles. The van der Waals surface area contributed by atoms with Crippen LogP contribution < -0.4 is 10.1 Å². The molecule has 0 aliphatic carbocycles. The van der Waals surface area contributed by atoms with Crippen molar-refractivity contribution in [1.82, 2.24) is 10.2 Å². The first-order valence-electron chi connectivity index (χ1n) is 10.9. The molecule has 0 bridgehead atoms. The summed E-state index contributed by atoms with van der Waals surface area (Å²) in [5.74, 6) is 0.246. The third kappa shape index (κ3) is 6.07. The zero-order valence-electron chi connectivity index (χ0n) is 18.5. The molecular formula is C25H32N2O4. The van der Waals surface area contributed by atoms with Gasteiger partial charge < -0.3 is 19.7 Å². The van der Waals surface area contributed by atoms with Crippen molar-refractivity contribution in [3.05, 3.63) is 65.7 Å². The van der Waals surface area contributed by atoms with Crippen molar-refractivity contribution < 1.29 is 19.1 Å². The normalized spacial score (nSPS) is 16.7. The lowest BCUT2D eigenvalue weighted by atomic mass is 10.0. The van der Waals surface area contributed by atoms with E-state index in [1.54, 1.807) is 12.0 Å². The highest BCUT2D eigenvalue weighted by Gasteiger charge is 2.33. The fraction of sp³-hybridized carbons (Fsp3) is 0.440. The van der Waals surface area contributed by atoms with Crippen LogP contribution in [-0.4, -0.2) is 43.1 Å². The molecule has 31 heavy (non-hydrogen) atoms. The number of hydrogen-bond donors (Lipinski definition) is 1. The number of nitrogens with one attached hydrogen (secondary N) is 1. The van der Waals surface area contributed by atoms with Gasteiger partial charge >= 0.3 is 0 Å². The number of hydrogen-bond acceptors (Lipinski definition) is 4. The van der Waals surface area contributed by atoms with Gasteiger partial charge in [0.15, 0.2) is 0 Å². The summed E-state index contributed by atoms with van der Waals surface area (Å²) in [7, 11) is 1.62. The van der Waals surface area contributed by atoms with E-state index in [0.29, 0.717) is 13.1 Å². The van der Waals surface area contributed by atoms with Gasteiger partial charge in [-0.1, -0.05) is 56.3 Å². The number of carbonyl (C=O) groups excluding carboxylic acids is 2. The third-order valence-electron chi connectivity index (χ3n) is 5.49.